The number of sulfonamides is 1. The number of hydrogen-bond acceptors (Lipinski definition) is 6. The van der Waals surface area contributed by atoms with Crippen molar-refractivity contribution < 1.29 is 22.7 Å². The van der Waals surface area contributed by atoms with E-state index in [2.05, 4.69) is 15.0 Å². The lowest BCUT2D eigenvalue weighted by Gasteiger charge is -2.18. The Bertz CT molecular complexity index is 1150. The minimum Gasteiger partial charge on any atom is -0.465 e. The van der Waals surface area contributed by atoms with Gasteiger partial charge in [-0.05, 0) is 36.4 Å². The van der Waals surface area contributed by atoms with Crippen molar-refractivity contribution in [2.45, 2.75) is 4.90 Å². The molecule has 2 aromatic carbocycles. The van der Waals surface area contributed by atoms with Gasteiger partial charge in [0.05, 0.1) is 24.1 Å². The van der Waals surface area contributed by atoms with Crippen LogP contribution in [0.4, 0.5) is 5.69 Å². The highest BCUT2D eigenvalue weighted by molar-refractivity contribution is 7.89. The number of fused-ring (bicyclic) bond motifs is 1. The first kappa shape index (κ1) is 20.4. The second-order valence-corrected chi connectivity index (χ2v) is 8.24. The van der Waals surface area contributed by atoms with Crippen LogP contribution < -0.4 is 5.32 Å². The van der Waals surface area contributed by atoms with Crippen LogP contribution >= 0.6 is 0 Å². The molecule has 29 heavy (non-hydrogen) atoms. The fraction of sp³-hybridized carbons (Fsp3) is 0.150. The first-order chi connectivity index (χ1) is 13.8. The number of carbonyl (C=O) groups is 2. The van der Waals surface area contributed by atoms with Crippen molar-refractivity contribution in [1.29, 1.82) is 0 Å². The van der Waals surface area contributed by atoms with Crippen LogP contribution in [0.15, 0.2) is 65.8 Å². The van der Waals surface area contributed by atoms with Crippen LogP contribution in [-0.2, 0) is 19.6 Å². The Kier molecular flexibility index (Phi) is 5.90. The molecular formula is C20H19N3O5S. The number of anilines is 1. The number of amides is 1. The predicted octanol–water partition coefficient (Wildman–Crippen LogP) is 2.28. The quantitative estimate of drug-likeness (QED) is 0.622. The average Bonchev–Trinajstić information content (AvgIpc) is 2.73. The van der Waals surface area contributed by atoms with Gasteiger partial charge in [-0.3, -0.25) is 9.78 Å². The van der Waals surface area contributed by atoms with Crippen LogP contribution in [0.25, 0.3) is 10.8 Å². The summed E-state index contributed by atoms with van der Waals surface area (Å²) in [6.45, 7) is -0.372. The van der Waals surface area contributed by atoms with Crippen LogP contribution in [0.1, 0.15) is 10.4 Å². The number of pyridine rings is 1. The van der Waals surface area contributed by atoms with Crippen LogP contribution in [0.3, 0.4) is 0 Å². The molecule has 0 aliphatic carbocycles. The van der Waals surface area contributed by atoms with Crippen LogP contribution in [0.5, 0.6) is 0 Å². The smallest absolute Gasteiger partial charge is 0.337 e. The minimum absolute atomic E-state index is 0.107. The molecule has 0 spiro atoms. The highest BCUT2D eigenvalue weighted by atomic mass is 32.2. The van der Waals surface area contributed by atoms with Gasteiger partial charge in [-0.1, -0.05) is 12.1 Å². The van der Waals surface area contributed by atoms with Gasteiger partial charge in [0.25, 0.3) is 0 Å². The molecule has 9 heteroatoms. The molecule has 0 saturated carbocycles. The summed E-state index contributed by atoms with van der Waals surface area (Å²) in [5, 5.41) is 3.84. The molecule has 1 amide bonds. The second-order valence-electron chi connectivity index (χ2n) is 6.23. The summed E-state index contributed by atoms with van der Waals surface area (Å²) >= 11 is 0. The molecule has 8 nitrogen and oxygen atoms in total. The highest BCUT2D eigenvalue weighted by Gasteiger charge is 2.25. The maximum absolute atomic E-state index is 13.0. The Labute approximate surface area is 168 Å². The molecular weight excluding hydrogens is 394 g/mol. The molecule has 0 atom stereocenters. The van der Waals surface area contributed by atoms with E-state index < -0.39 is 21.9 Å². The number of carbonyl (C=O) groups excluding carboxylic acids is 2. The first-order valence-electron chi connectivity index (χ1n) is 8.60. The third-order valence-electron chi connectivity index (χ3n) is 4.28. The van der Waals surface area contributed by atoms with E-state index in [9.17, 15) is 18.0 Å². The Morgan fingerprint density at radius 3 is 2.52 bits per heavy atom. The van der Waals surface area contributed by atoms with Gasteiger partial charge in [0.15, 0.2) is 0 Å². The van der Waals surface area contributed by atoms with Crippen molar-refractivity contribution in [3.8, 4) is 0 Å². The maximum atomic E-state index is 13.0. The zero-order valence-corrected chi connectivity index (χ0v) is 16.6. The number of ether oxygens (including phenoxy) is 1. The number of nitrogens with zero attached hydrogens (tertiary/aromatic N) is 2. The van der Waals surface area contributed by atoms with E-state index in [0.29, 0.717) is 22.0 Å². The van der Waals surface area contributed by atoms with E-state index in [1.807, 2.05) is 0 Å². The number of likely N-dealkylation sites (N-methyl/N-ethyl adjacent to an activating group) is 1. The van der Waals surface area contributed by atoms with Gasteiger partial charge in [0.2, 0.25) is 15.9 Å². The topological polar surface area (TPSA) is 106 Å². The maximum Gasteiger partial charge on any atom is 0.337 e. The summed E-state index contributed by atoms with van der Waals surface area (Å²) in [6, 6.07) is 12.6. The highest BCUT2D eigenvalue weighted by Crippen LogP contribution is 2.24. The number of esters is 1. The molecule has 0 saturated heterocycles. The van der Waals surface area contributed by atoms with Crippen molar-refractivity contribution in [2.75, 3.05) is 26.0 Å². The lowest BCUT2D eigenvalue weighted by Crippen LogP contribution is -2.35. The van der Waals surface area contributed by atoms with E-state index >= 15 is 0 Å². The fourth-order valence-electron chi connectivity index (χ4n) is 2.78. The standard InChI is InChI=1S/C20H19N3O5S/c1-23(13-19(24)22-16-8-6-14(7-9-16)20(25)28-2)29(26,27)18-5-3-4-15-12-21-11-10-17(15)18/h3-12H,13H2,1-2H3,(H,22,24). The van der Waals surface area contributed by atoms with Gasteiger partial charge >= 0.3 is 5.97 Å². The van der Waals surface area contributed by atoms with E-state index in [4.69, 9.17) is 0 Å². The number of nitrogens with one attached hydrogen (secondary N) is 1. The van der Waals surface area contributed by atoms with Crippen LogP contribution in [0, 0.1) is 0 Å². The van der Waals surface area contributed by atoms with Crippen molar-refractivity contribution in [1.82, 2.24) is 9.29 Å². The molecule has 0 bridgehead atoms. The molecule has 0 radical (unpaired) electrons. The lowest BCUT2D eigenvalue weighted by molar-refractivity contribution is -0.116. The third kappa shape index (κ3) is 4.41. The summed E-state index contributed by atoms with van der Waals surface area (Å²) < 4.78 is 31.5. The Hall–Kier alpha value is -3.30. The number of hydrogen-bond donors (Lipinski definition) is 1. The van der Waals surface area contributed by atoms with Crippen LogP contribution in [-0.4, -0.2) is 50.3 Å². The van der Waals surface area contributed by atoms with E-state index in [1.54, 1.807) is 24.4 Å². The normalized spacial score (nSPS) is 11.4. The number of aromatic nitrogens is 1. The summed E-state index contributed by atoms with van der Waals surface area (Å²) in [5.74, 6) is -0.997. The molecule has 3 aromatic rings. The average molecular weight is 413 g/mol. The molecule has 1 heterocycles. The Morgan fingerprint density at radius 1 is 1.10 bits per heavy atom. The lowest BCUT2D eigenvalue weighted by atomic mass is 10.2. The summed E-state index contributed by atoms with van der Waals surface area (Å²) in [6.07, 6.45) is 3.10. The van der Waals surface area contributed by atoms with Gasteiger partial charge in [-0.25, -0.2) is 13.2 Å². The second kappa shape index (κ2) is 8.38. The molecule has 0 unspecified atom stereocenters. The number of methoxy groups -OCH3 is 1. The van der Waals surface area contributed by atoms with Crippen molar-refractivity contribution in [2.24, 2.45) is 0 Å². The summed E-state index contributed by atoms with van der Waals surface area (Å²) in [5.41, 5.74) is 0.778. The van der Waals surface area contributed by atoms with Crippen LogP contribution in [0.2, 0.25) is 0 Å². The summed E-state index contributed by atoms with van der Waals surface area (Å²) in [4.78, 5) is 27.9. The molecule has 0 aliphatic rings. The molecule has 3 rings (SSSR count). The first-order valence-corrected chi connectivity index (χ1v) is 10.0. The number of benzene rings is 2. The van der Waals surface area contributed by atoms with Gasteiger partial charge in [-0.2, -0.15) is 4.31 Å². The zero-order valence-electron chi connectivity index (χ0n) is 15.8. The third-order valence-corrected chi connectivity index (χ3v) is 6.15. The van der Waals surface area contributed by atoms with E-state index in [-0.39, 0.29) is 11.4 Å². The SMILES string of the molecule is COC(=O)c1ccc(NC(=O)CN(C)S(=O)(=O)c2cccc3cnccc23)cc1. The minimum atomic E-state index is -3.89. The fourth-order valence-corrected chi connectivity index (χ4v) is 4.12. The van der Waals surface area contributed by atoms with Gasteiger partial charge in [0.1, 0.15) is 0 Å². The molecule has 0 aliphatic heterocycles. The molecule has 1 aromatic heterocycles. The largest absolute Gasteiger partial charge is 0.465 e. The van der Waals surface area contributed by atoms with E-state index in [0.717, 1.165) is 4.31 Å². The monoisotopic (exact) mass is 413 g/mol. The zero-order chi connectivity index (χ0) is 21.0. The van der Waals surface area contributed by atoms with Crippen molar-refractivity contribution in [3.05, 3.63) is 66.5 Å². The van der Waals surface area contributed by atoms with Crippen molar-refractivity contribution >= 4 is 38.4 Å². The predicted molar refractivity (Wildman–Crippen MR) is 108 cm³/mol. The summed E-state index contributed by atoms with van der Waals surface area (Å²) in [7, 11) is -1.27. The number of rotatable bonds is 6. The van der Waals surface area contributed by atoms with Gasteiger partial charge in [-0.15, -0.1) is 0 Å². The Balaban J connectivity index is 1.74. The molecule has 150 valence electrons. The Morgan fingerprint density at radius 2 is 1.83 bits per heavy atom. The van der Waals surface area contributed by atoms with Gasteiger partial charge in [0, 0.05) is 35.9 Å². The van der Waals surface area contributed by atoms with Crippen molar-refractivity contribution in [3.63, 3.8) is 0 Å². The van der Waals surface area contributed by atoms with Gasteiger partial charge < -0.3 is 10.1 Å². The molecule has 1 N–H and O–H groups in total. The molecule has 0 fully saturated rings. The van der Waals surface area contributed by atoms with E-state index in [1.165, 1.54) is 50.7 Å².